The standard InChI is InChI=1S/C20H27N5O2S/c1-2-24(17-8-9-17)18(26)15-28-20-22-21-19(23-10-12-27-13-11-23)25(20)14-16-6-4-3-5-7-16/h3-7,17H,2,8-15H2,1H3. The summed E-state index contributed by atoms with van der Waals surface area (Å²) in [7, 11) is 0. The third-order valence-corrected chi connectivity index (χ3v) is 6.10. The first-order valence-electron chi connectivity index (χ1n) is 9.98. The highest BCUT2D eigenvalue weighted by atomic mass is 32.2. The Hall–Kier alpha value is -2.06. The van der Waals surface area contributed by atoms with E-state index in [4.69, 9.17) is 4.74 Å². The van der Waals surface area contributed by atoms with Crippen molar-refractivity contribution in [3.63, 3.8) is 0 Å². The highest BCUT2D eigenvalue weighted by molar-refractivity contribution is 7.99. The van der Waals surface area contributed by atoms with E-state index in [1.807, 2.05) is 23.1 Å². The molecular weight excluding hydrogens is 374 g/mol. The van der Waals surface area contributed by atoms with Gasteiger partial charge in [0.05, 0.1) is 25.5 Å². The quantitative estimate of drug-likeness (QED) is 0.633. The Bertz CT molecular complexity index is 787. The molecule has 1 aliphatic heterocycles. The molecule has 0 unspecified atom stereocenters. The van der Waals surface area contributed by atoms with Gasteiger partial charge >= 0.3 is 0 Å². The molecule has 8 heteroatoms. The molecule has 2 aromatic rings. The Balaban J connectivity index is 1.52. The number of rotatable bonds is 8. The van der Waals surface area contributed by atoms with Crippen molar-refractivity contribution in [3.8, 4) is 0 Å². The van der Waals surface area contributed by atoms with Gasteiger partial charge < -0.3 is 14.5 Å². The summed E-state index contributed by atoms with van der Waals surface area (Å²) in [5.41, 5.74) is 1.19. The van der Waals surface area contributed by atoms with Gasteiger partial charge in [-0.1, -0.05) is 42.1 Å². The van der Waals surface area contributed by atoms with Gasteiger partial charge in [0.1, 0.15) is 0 Å². The number of carbonyl (C=O) groups excluding carboxylic acids is 1. The van der Waals surface area contributed by atoms with Crippen molar-refractivity contribution in [2.24, 2.45) is 0 Å². The van der Waals surface area contributed by atoms with Gasteiger partial charge in [-0.3, -0.25) is 9.36 Å². The van der Waals surface area contributed by atoms with Gasteiger partial charge in [0.2, 0.25) is 11.9 Å². The van der Waals surface area contributed by atoms with E-state index in [0.29, 0.717) is 31.6 Å². The first-order valence-corrected chi connectivity index (χ1v) is 11.0. The lowest BCUT2D eigenvalue weighted by atomic mass is 10.2. The lowest BCUT2D eigenvalue weighted by Gasteiger charge is -2.28. The number of nitrogens with zero attached hydrogens (tertiary/aromatic N) is 5. The van der Waals surface area contributed by atoms with Crippen LogP contribution in [-0.2, 0) is 16.1 Å². The Morgan fingerprint density at radius 3 is 2.64 bits per heavy atom. The maximum absolute atomic E-state index is 12.6. The van der Waals surface area contributed by atoms with E-state index >= 15 is 0 Å². The van der Waals surface area contributed by atoms with Crippen LogP contribution in [0, 0.1) is 0 Å². The lowest BCUT2D eigenvalue weighted by Crippen LogP contribution is -2.38. The summed E-state index contributed by atoms with van der Waals surface area (Å²) in [6.07, 6.45) is 2.27. The molecule has 150 valence electrons. The fourth-order valence-electron chi connectivity index (χ4n) is 3.52. The molecule has 0 N–H and O–H groups in total. The van der Waals surface area contributed by atoms with E-state index in [0.717, 1.165) is 43.6 Å². The van der Waals surface area contributed by atoms with Crippen molar-refractivity contribution in [2.45, 2.75) is 37.5 Å². The van der Waals surface area contributed by atoms with Crippen molar-refractivity contribution >= 4 is 23.6 Å². The molecule has 1 aromatic carbocycles. The number of hydrogen-bond donors (Lipinski definition) is 0. The average molecular weight is 402 g/mol. The molecule has 1 saturated heterocycles. The number of carbonyl (C=O) groups is 1. The molecule has 1 saturated carbocycles. The number of morpholine rings is 1. The third kappa shape index (κ3) is 4.50. The van der Waals surface area contributed by atoms with E-state index in [1.54, 1.807) is 0 Å². The number of amides is 1. The van der Waals surface area contributed by atoms with Crippen LogP contribution in [0.5, 0.6) is 0 Å². The zero-order chi connectivity index (χ0) is 19.3. The number of hydrogen-bond acceptors (Lipinski definition) is 6. The van der Waals surface area contributed by atoms with Gasteiger partial charge in [0.25, 0.3) is 0 Å². The fraction of sp³-hybridized carbons (Fsp3) is 0.550. The Morgan fingerprint density at radius 2 is 1.96 bits per heavy atom. The zero-order valence-electron chi connectivity index (χ0n) is 16.3. The smallest absolute Gasteiger partial charge is 0.233 e. The molecule has 1 amide bonds. The van der Waals surface area contributed by atoms with Gasteiger partial charge in [-0.25, -0.2) is 0 Å². The minimum atomic E-state index is 0.192. The molecule has 0 bridgehead atoms. The first kappa shape index (κ1) is 19.3. The second-order valence-electron chi connectivity index (χ2n) is 7.15. The number of anilines is 1. The second kappa shape index (κ2) is 8.96. The molecule has 0 atom stereocenters. The number of benzene rings is 1. The van der Waals surface area contributed by atoms with E-state index in [9.17, 15) is 4.79 Å². The highest BCUT2D eigenvalue weighted by Gasteiger charge is 2.31. The van der Waals surface area contributed by atoms with E-state index in [1.165, 1.54) is 17.3 Å². The molecule has 2 aliphatic rings. The highest BCUT2D eigenvalue weighted by Crippen LogP contribution is 2.29. The van der Waals surface area contributed by atoms with Crippen LogP contribution in [0.1, 0.15) is 25.3 Å². The van der Waals surface area contributed by atoms with Crippen molar-refractivity contribution < 1.29 is 9.53 Å². The number of ether oxygens (including phenoxy) is 1. The summed E-state index contributed by atoms with van der Waals surface area (Å²) in [5.74, 6) is 1.45. The summed E-state index contributed by atoms with van der Waals surface area (Å²) >= 11 is 1.49. The van der Waals surface area contributed by atoms with Crippen LogP contribution >= 0.6 is 11.8 Å². The van der Waals surface area contributed by atoms with Crippen LogP contribution < -0.4 is 4.90 Å². The van der Waals surface area contributed by atoms with E-state index < -0.39 is 0 Å². The van der Waals surface area contributed by atoms with Crippen molar-refractivity contribution in [2.75, 3.05) is 43.5 Å². The van der Waals surface area contributed by atoms with E-state index in [2.05, 4.69) is 38.7 Å². The maximum Gasteiger partial charge on any atom is 0.233 e. The molecule has 28 heavy (non-hydrogen) atoms. The maximum atomic E-state index is 12.6. The van der Waals surface area contributed by atoms with Gasteiger partial charge in [-0.15, -0.1) is 10.2 Å². The van der Waals surface area contributed by atoms with Gasteiger partial charge in [-0.2, -0.15) is 0 Å². The topological polar surface area (TPSA) is 63.5 Å². The van der Waals surface area contributed by atoms with Gasteiger partial charge in [0, 0.05) is 25.7 Å². The van der Waals surface area contributed by atoms with Gasteiger partial charge in [-0.05, 0) is 25.3 Å². The molecule has 2 heterocycles. The SMILES string of the molecule is CCN(C(=O)CSc1nnc(N2CCOCC2)n1Cc1ccccc1)C1CC1. The van der Waals surface area contributed by atoms with E-state index in [-0.39, 0.29) is 5.91 Å². The minimum Gasteiger partial charge on any atom is -0.378 e. The summed E-state index contributed by atoms with van der Waals surface area (Å²) in [6, 6.07) is 10.8. The van der Waals surface area contributed by atoms with Crippen LogP contribution in [0.4, 0.5) is 5.95 Å². The molecule has 1 aliphatic carbocycles. The Labute approximate surface area is 170 Å². The van der Waals surface area contributed by atoms with Crippen molar-refractivity contribution in [1.29, 1.82) is 0 Å². The predicted molar refractivity (Wildman–Crippen MR) is 110 cm³/mol. The molecule has 4 rings (SSSR count). The summed E-state index contributed by atoms with van der Waals surface area (Å²) in [5, 5.41) is 9.69. The van der Waals surface area contributed by atoms with Crippen molar-refractivity contribution in [1.82, 2.24) is 19.7 Å². The number of thioether (sulfide) groups is 1. The lowest BCUT2D eigenvalue weighted by molar-refractivity contribution is -0.128. The molecule has 0 spiro atoms. The first-order chi connectivity index (χ1) is 13.8. The Kier molecular flexibility index (Phi) is 6.17. The normalized spacial score (nSPS) is 17.0. The Morgan fingerprint density at radius 1 is 1.21 bits per heavy atom. The monoisotopic (exact) mass is 401 g/mol. The van der Waals surface area contributed by atoms with Crippen LogP contribution in [0.3, 0.4) is 0 Å². The van der Waals surface area contributed by atoms with Crippen LogP contribution in [-0.4, -0.2) is 70.2 Å². The fourth-order valence-corrected chi connectivity index (χ4v) is 4.34. The number of aromatic nitrogens is 3. The summed E-state index contributed by atoms with van der Waals surface area (Å²) in [4.78, 5) is 16.8. The van der Waals surface area contributed by atoms with Crippen molar-refractivity contribution in [3.05, 3.63) is 35.9 Å². The van der Waals surface area contributed by atoms with Crippen LogP contribution in [0.2, 0.25) is 0 Å². The predicted octanol–water partition coefficient (Wildman–Crippen LogP) is 2.27. The molecule has 0 radical (unpaired) electrons. The molecule has 1 aromatic heterocycles. The third-order valence-electron chi connectivity index (χ3n) is 5.15. The largest absolute Gasteiger partial charge is 0.378 e. The van der Waals surface area contributed by atoms with Gasteiger partial charge in [0.15, 0.2) is 5.16 Å². The summed E-state index contributed by atoms with van der Waals surface area (Å²) in [6.45, 7) is 6.54. The minimum absolute atomic E-state index is 0.192. The average Bonchev–Trinajstić information content (AvgIpc) is 3.49. The summed E-state index contributed by atoms with van der Waals surface area (Å²) < 4.78 is 7.61. The van der Waals surface area contributed by atoms with Crippen LogP contribution in [0.25, 0.3) is 0 Å². The van der Waals surface area contributed by atoms with Crippen LogP contribution in [0.15, 0.2) is 35.5 Å². The molecular formula is C20H27N5O2S. The second-order valence-corrected chi connectivity index (χ2v) is 8.10. The zero-order valence-corrected chi connectivity index (χ0v) is 17.1. The molecule has 7 nitrogen and oxygen atoms in total. The molecule has 2 fully saturated rings.